The van der Waals surface area contributed by atoms with Gasteiger partial charge in [0.25, 0.3) is 0 Å². The van der Waals surface area contributed by atoms with E-state index in [4.69, 9.17) is 5.73 Å². The molecule has 0 radical (unpaired) electrons. The Balaban J connectivity index is 1.95. The molecule has 3 heteroatoms. The summed E-state index contributed by atoms with van der Waals surface area (Å²) in [5.74, 6) is 0.102. The summed E-state index contributed by atoms with van der Waals surface area (Å²) in [7, 11) is 0. The monoisotopic (exact) mass is 274 g/mol. The van der Waals surface area contributed by atoms with E-state index in [1.54, 1.807) is 0 Å². The molecule has 1 aliphatic rings. The highest BCUT2D eigenvalue weighted by Gasteiger charge is 2.28. The van der Waals surface area contributed by atoms with E-state index in [-0.39, 0.29) is 23.9 Å². The molecule has 0 aromatic heterocycles. The molecule has 0 heterocycles. The first-order valence-electron chi connectivity index (χ1n) is 7.76. The number of rotatable bonds is 4. The molecule has 1 aliphatic carbocycles. The highest BCUT2D eigenvalue weighted by atomic mass is 16.2. The van der Waals surface area contributed by atoms with Gasteiger partial charge in [-0.2, -0.15) is 0 Å². The van der Waals surface area contributed by atoms with Crippen LogP contribution in [-0.2, 0) is 11.2 Å². The minimum atomic E-state index is -0.0129. The van der Waals surface area contributed by atoms with E-state index in [1.807, 2.05) is 6.92 Å². The van der Waals surface area contributed by atoms with Gasteiger partial charge in [0.05, 0.1) is 12.0 Å². The zero-order valence-electron chi connectivity index (χ0n) is 12.6. The molecule has 1 fully saturated rings. The van der Waals surface area contributed by atoms with Crippen LogP contribution in [0.4, 0.5) is 0 Å². The van der Waals surface area contributed by atoms with E-state index in [2.05, 4.69) is 36.5 Å². The normalized spacial score (nSPS) is 24.1. The molecule has 1 amide bonds. The van der Waals surface area contributed by atoms with Gasteiger partial charge in [-0.1, -0.05) is 44.0 Å². The van der Waals surface area contributed by atoms with Gasteiger partial charge in [-0.15, -0.1) is 0 Å². The van der Waals surface area contributed by atoms with Gasteiger partial charge < -0.3 is 11.1 Å². The molecule has 3 nitrogen and oxygen atoms in total. The Morgan fingerprint density at radius 2 is 1.95 bits per heavy atom. The van der Waals surface area contributed by atoms with Gasteiger partial charge in [0.1, 0.15) is 0 Å². The summed E-state index contributed by atoms with van der Waals surface area (Å²) in [5, 5.41) is 3.11. The van der Waals surface area contributed by atoms with Crippen LogP contribution in [0.15, 0.2) is 24.3 Å². The van der Waals surface area contributed by atoms with E-state index >= 15 is 0 Å². The zero-order chi connectivity index (χ0) is 14.5. The van der Waals surface area contributed by atoms with Crippen LogP contribution in [-0.4, -0.2) is 11.9 Å². The predicted molar refractivity (Wildman–Crippen MR) is 82.3 cm³/mol. The van der Waals surface area contributed by atoms with E-state index in [1.165, 1.54) is 5.56 Å². The number of benzene rings is 1. The van der Waals surface area contributed by atoms with Crippen LogP contribution in [0.3, 0.4) is 0 Å². The van der Waals surface area contributed by atoms with Crippen molar-refractivity contribution in [2.24, 2.45) is 11.7 Å². The van der Waals surface area contributed by atoms with Crippen molar-refractivity contribution in [1.29, 1.82) is 0 Å². The minimum absolute atomic E-state index is 0.0129. The van der Waals surface area contributed by atoms with Crippen molar-refractivity contribution in [1.82, 2.24) is 5.32 Å². The molecular weight excluding hydrogens is 248 g/mol. The first-order valence-corrected chi connectivity index (χ1v) is 7.76. The maximum atomic E-state index is 12.3. The van der Waals surface area contributed by atoms with Crippen LogP contribution in [0, 0.1) is 5.92 Å². The zero-order valence-corrected chi connectivity index (χ0v) is 12.6. The molecule has 0 bridgehead atoms. The van der Waals surface area contributed by atoms with Crippen molar-refractivity contribution in [2.75, 3.05) is 0 Å². The van der Waals surface area contributed by atoms with E-state index in [9.17, 15) is 4.79 Å². The van der Waals surface area contributed by atoms with Crippen molar-refractivity contribution < 1.29 is 4.79 Å². The van der Waals surface area contributed by atoms with Crippen LogP contribution in [0.25, 0.3) is 0 Å². The Bertz CT molecular complexity index is 441. The molecule has 1 aromatic carbocycles. The SMILES string of the molecule is CCc1ccc(C(C)NC(=O)C2CCCCC2N)cc1. The number of hydrogen-bond acceptors (Lipinski definition) is 2. The Labute approximate surface area is 121 Å². The largest absolute Gasteiger partial charge is 0.349 e. The lowest BCUT2D eigenvalue weighted by Crippen LogP contribution is -2.44. The average molecular weight is 274 g/mol. The summed E-state index contributed by atoms with van der Waals surface area (Å²) in [4.78, 5) is 12.3. The second kappa shape index (κ2) is 6.89. The van der Waals surface area contributed by atoms with Crippen LogP contribution in [0.1, 0.15) is 56.7 Å². The Morgan fingerprint density at radius 1 is 1.30 bits per heavy atom. The summed E-state index contributed by atoms with van der Waals surface area (Å²) < 4.78 is 0. The smallest absolute Gasteiger partial charge is 0.225 e. The Morgan fingerprint density at radius 3 is 2.55 bits per heavy atom. The van der Waals surface area contributed by atoms with Crippen molar-refractivity contribution in [2.45, 2.75) is 58.0 Å². The van der Waals surface area contributed by atoms with Crippen molar-refractivity contribution in [3.8, 4) is 0 Å². The number of carbonyl (C=O) groups is 1. The molecule has 20 heavy (non-hydrogen) atoms. The van der Waals surface area contributed by atoms with Crippen LogP contribution in [0.2, 0.25) is 0 Å². The van der Waals surface area contributed by atoms with Crippen molar-refractivity contribution >= 4 is 5.91 Å². The number of aryl methyl sites for hydroxylation is 1. The van der Waals surface area contributed by atoms with Gasteiger partial charge in [-0.05, 0) is 37.3 Å². The molecule has 1 saturated carbocycles. The molecule has 0 spiro atoms. The summed E-state index contributed by atoms with van der Waals surface area (Å²) in [6, 6.07) is 8.53. The van der Waals surface area contributed by atoms with Crippen LogP contribution in [0.5, 0.6) is 0 Å². The summed E-state index contributed by atoms with van der Waals surface area (Å²) >= 11 is 0. The summed E-state index contributed by atoms with van der Waals surface area (Å²) in [6.45, 7) is 4.18. The standard InChI is InChI=1S/C17H26N2O/c1-3-13-8-10-14(11-9-13)12(2)19-17(20)15-6-4-5-7-16(15)18/h8-12,15-16H,3-7,18H2,1-2H3,(H,19,20). The van der Waals surface area contributed by atoms with Gasteiger partial charge in [0.15, 0.2) is 0 Å². The first kappa shape index (κ1) is 15.0. The number of nitrogens with two attached hydrogens (primary N) is 1. The summed E-state index contributed by atoms with van der Waals surface area (Å²) in [5.41, 5.74) is 8.54. The van der Waals surface area contributed by atoms with Gasteiger partial charge in [-0.3, -0.25) is 4.79 Å². The molecule has 3 unspecified atom stereocenters. The topological polar surface area (TPSA) is 55.1 Å². The van der Waals surface area contributed by atoms with E-state index in [0.29, 0.717) is 0 Å². The third kappa shape index (κ3) is 3.60. The predicted octanol–water partition coefficient (Wildman–Crippen LogP) is 2.94. The number of carbonyl (C=O) groups excluding carboxylic acids is 1. The molecule has 1 aromatic rings. The second-order valence-corrected chi connectivity index (χ2v) is 5.88. The van der Waals surface area contributed by atoms with E-state index < -0.39 is 0 Å². The van der Waals surface area contributed by atoms with Crippen molar-refractivity contribution in [3.05, 3.63) is 35.4 Å². The number of nitrogens with one attached hydrogen (secondary N) is 1. The second-order valence-electron chi connectivity index (χ2n) is 5.88. The fourth-order valence-electron chi connectivity index (χ4n) is 2.93. The van der Waals surface area contributed by atoms with E-state index in [0.717, 1.165) is 37.7 Å². The number of amides is 1. The maximum absolute atomic E-state index is 12.3. The van der Waals surface area contributed by atoms with Gasteiger partial charge in [0, 0.05) is 6.04 Å². The lowest BCUT2D eigenvalue weighted by atomic mass is 9.84. The highest BCUT2D eigenvalue weighted by Crippen LogP contribution is 2.24. The molecular formula is C17H26N2O. The molecule has 3 N–H and O–H groups in total. The van der Waals surface area contributed by atoms with Crippen LogP contribution >= 0.6 is 0 Å². The van der Waals surface area contributed by atoms with Gasteiger partial charge in [0.2, 0.25) is 5.91 Å². The fraction of sp³-hybridized carbons (Fsp3) is 0.588. The molecule has 0 saturated heterocycles. The fourth-order valence-corrected chi connectivity index (χ4v) is 2.93. The average Bonchev–Trinajstić information content (AvgIpc) is 2.47. The lowest BCUT2D eigenvalue weighted by Gasteiger charge is -2.28. The third-order valence-corrected chi connectivity index (χ3v) is 4.40. The molecule has 110 valence electrons. The van der Waals surface area contributed by atoms with Crippen LogP contribution < -0.4 is 11.1 Å². The highest BCUT2D eigenvalue weighted by molar-refractivity contribution is 5.79. The first-order chi connectivity index (χ1) is 9.61. The lowest BCUT2D eigenvalue weighted by molar-refractivity contribution is -0.127. The Kier molecular flexibility index (Phi) is 5.18. The Hall–Kier alpha value is -1.35. The van der Waals surface area contributed by atoms with Gasteiger partial charge in [-0.25, -0.2) is 0 Å². The van der Waals surface area contributed by atoms with Gasteiger partial charge >= 0.3 is 0 Å². The quantitative estimate of drug-likeness (QED) is 0.887. The molecule has 3 atom stereocenters. The van der Waals surface area contributed by atoms with Crippen molar-refractivity contribution in [3.63, 3.8) is 0 Å². The maximum Gasteiger partial charge on any atom is 0.225 e. The summed E-state index contributed by atoms with van der Waals surface area (Å²) in [6.07, 6.45) is 5.20. The minimum Gasteiger partial charge on any atom is -0.349 e. The number of hydrogen-bond donors (Lipinski definition) is 2. The molecule has 0 aliphatic heterocycles. The molecule has 2 rings (SSSR count). The third-order valence-electron chi connectivity index (χ3n) is 4.40.